The summed E-state index contributed by atoms with van der Waals surface area (Å²) < 4.78 is 26.2. The maximum absolute atomic E-state index is 12.3. The van der Waals surface area contributed by atoms with E-state index in [-0.39, 0.29) is 19.4 Å². The molecule has 2 N–H and O–H groups in total. The van der Waals surface area contributed by atoms with Gasteiger partial charge in [-0.25, -0.2) is 4.57 Å². The minimum Gasteiger partial charge on any atom is -0.462 e. The van der Waals surface area contributed by atoms with Crippen LogP contribution in [0, 0.1) is 0 Å². The first-order chi connectivity index (χ1) is 23.8. The fraction of sp³-hybridized carbons (Fsp3) is 0.650. The third-order valence-corrected chi connectivity index (χ3v) is 7.93. The first kappa shape index (κ1) is 46.5. The lowest BCUT2D eigenvalue weighted by Gasteiger charge is -2.18. The summed E-state index contributed by atoms with van der Waals surface area (Å²) >= 11 is 0. The third kappa shape index (κ3) is 38.1. The van der Waals surface area contributed by atoms with Crippen LogP contribution in [0.25, 0.3) is 0 Å². The average Bonchev–Trinajstić information content (AvgIpc) is 3.07. The van der Waals surface area contributed by atoms with Gasteiger partial charge in [0.05, 0.1) is 6.61 Å². The van der Waals surface area contributed by atoms with Crippen LogP contribution in [0.3, 0.4) is 0 Å². The van der Waals surface area contributed by atoms with Crippen LogP contribution in [-0.4, -0.2) is 41.0 Å². The van der Waals surface area contributed by atoms with E-state index in [9.17, 15) is 14.2 Å². The fourth-order valence-corrected chi connectivity index (χ4v) is 4.98. The highest BCUT2D eigenvalue weighted by Gasteiger charge is 2.22. The Morgan fingerprint density at radius 3 is 1.49 bits per heavy atom. The fourth-order valence-electron chi connectivity index (χ4n) is 4.62. The van der Waals surface area contributed by atoms with Crippen LogP contribution in [0.5, 0.6) is 0 Å². The standard InChI is InChI=1S/C40H67O8P/c1-3-5-7-9-11-13-15-17-19-20-21-23-24-26-28-30-32-34-39(41)46-36-38(37-47-49(43,44)45)48-40(42)35-33-31-29-27-25-22-18-16-14-12-10-8-6-4-2/h10-13,16-19,21,23,26,28,38H,3-9,14-15,20,22,24-25,27,29-37H2,1-2H3,(H2,43,44,45)/b12-10-,13-11-,18-16-,19-17-,23-21-,28-26-/t38-/m1/s1. The first-order valence-electron chi connectivity index (χ1n) is 18.7. The molecule has 0 unspecified atom stereocenters. The summed E-state index contributed by atoms with van der Waals surface area (Å²) in [6.07, 6.45) is 44.8. The molecule has 0 saturated heterocycles. The van der Waals surface area contributed by atoms with Gasteiger partial charge in [0.25, 0.3) is 0 Å². The topological polar surface area (TPSA) is 119 Å². The van der Waals surface area contributed by atoms with E-state index in [0.717, 1.165) is 70.6 Å². The molecule has 0 rings (SSSR count). The van der Waals surface area contributed by atoms with Crippen molar-refractivity contribution in [1.29, 1.82) is 0 Å². The Hall–Kier alpha value is -2.51. The van der Waals surface area contributed by atoms with Crippen molar-refractivity contribution in [2.24, 2.45) is 0 Å². The molecule has 0 aliphatic heterocycles. The average molecular weight is 707 g/mol. The zero-order valence-electron chi connectivity index (χ0n) is 30.6. The summed E-state index contributed by atoms with van der Waals surface area (Å²) in [5.41, 5.74) is 0. The Labute approximate surface area is 298 Å². The van der Waals surface area contributed by atoms with Crippen LogP contribution in [0.15, 0.2) is 72.9 Å². The molecule has 0 aromatic carbocycles. The van der Waals surface area contributed by atoms with Gasteiger partial charge >= 0.3 is 19.8 Å². The predicted molar refractivity (Wildman–Crippen MR) is 202 cm³/mol. The number of carbonyl (C=O) groups excluding carboxylic acids is 2. The van der Waals surface area contributed by atoms with E-state index < -0.39 is 32.5 Å². The van der Waals surface area contributed by atoms with Crippen LogP contribution >= 0.6 is 7.82 Å². The highest BCUT2D eigenvalue weighted by atomic mass is 31.2. The lowest BCUT2D eigenvalue weighted by Crippen LogP contribution is -2.29. The van der Waals surface area contributed by atoms with Crippen LogP contribution in [0.4, 0.5) is 0 Å². The van der Waals surface area contributed by atoms with Gasteiger partial charge < -0.3 is 19.3 Å². The van der Waals surface area contributed by atoms with Gasteiger partial charge in [-0.1, -0.05) is 132 Å². The molecular weight excluding hydrogens is 639 g/mol. The number of hydrogen-bond acceptors (Lipinski definition) is 6. The Bertz CT molecular complexity index is 1020. The molecule has 0 bridgehead atoms. The van der Waals surface area contributed by atoms with Crippen LogP contribution in [-0.2, 0) is 28.2 Å². The molecule has 0 aliphatic carbocycles. The molecule has 0 aliphatic rings. The number of rotatable bonds is 33. The van der Waals surface area contributed by atoms with Gasteiger partial charge in [-0.2, -0.15) is 0 Å². The SMILES string of the molecule is CCCC/C=C\C/C=C\CCCCCCCC(=O)O[C@H](COC(=O)CCC/C=C\C/C=C\C/C=C\C/C=C\CCCCC)COP(=O)(O)O. The highest BCUT2D eigenvalue weighted by Crippen LogP contribution is 2.35. The number of hydrogen-bond donors (Lipinski definition) is 2. The highest BCUT2D eigenvalue weighted by molar-refractivity contribution is 7.46. The molecule has 49 heavy (non-hydrogen) atoms. The molecule has 0 saturated carbocycles. The van der Waals surface area contributed by atoms with Crippen molar-refractivity contribution < 1.29 is 37.9 Å². The zero-order valence-corrected chi connectivity index (χ0v) is 31.5. The molecule has 280 valence electrons. The number of phosphoric ester groups is 1. The molecule has 9 heteroatoms. The number of esters is 2. The molecule has 0 heterocycles. The van der Waals surface area contributed by atoms with Crippen LogP contribution in [0.1, 0.15) is 149 Å². The number of ether oxygens (including phenoxy) is 2. The van der Waals surface area contributed by atoms with E-state index in [1.807, 2.05) is 6.08 Å². The van der Waals surface area contributed by atoms with E-state index in [0.29, 0.717) is 12.8 Å². The zero-order chi connectivity index (χ0) is 36.1. The van der Waals surface area contributed by atoms with Crippen molar-refractivity contribution in [2.45, 2.75) is 155 Å². The normalized spacial score (nSPS) is 13.3. The summed E-state index contributed by atoms with van der Waals surface area (Å²) in [7, 11) is -4.77. The van der Waals surface area contributed by atoms with Gasteiger partial charge in [0.1, 0.15) is 6.61 Å². The molecule has 0 amide bonds. The molecule has 0 aromatic rings. The van der Waals surface area contributed by atoms with Crippen LogP contribution in [0.2, 0.25) is 0 Å². The summed E-state index contributed by atoms with van der Waals surface area (Å²) in [5, 5.41) is 0. The lowest BCUT2D eigenvalue weighted by molar-refractivity contribution is -0.161. The largest absolute Gasteiger partial charge is 0.469 e. The maximum atomic E-state index is 12.3. The monoisotopic (exact) mass is 706 g/mol. The molecule has 8 nitrogen and oxygen atoms in total. The third-order valence-electron chi connectivity index (χ3n) is 7.45. The van der Waals surface area contributed by atoms with Crippen molar-refractivity contribution in [3.63, 3.8) is 0 Å². The van der Waals surface area contributed by atoms with E-state index in [1.165, 1.54) is 38.5 Å². The minimum absolute atomic E-state index is 0.180. The van der Waals surface area contributed by atoms with Crippen LogP contribution < -0.4 is 0 Å². The Kier molecular flexibility index (Phi) is 33.5. The van der Waals surface area contributed by atoms with Gasteiger partial charge in [0.2, 0.25) is 0 Å². The van der Waals surface area contributed by atoms with Crippen molar-refractivity contribution >= 4 is 19.8 Å². The molecule has 1 atom stereocenters. The summed E-state index contributed by atoms with van der Waals surface area (Å²) in [5.74, 6) is -0.975. The van der Waals surface area contributed by atoms with Crippen molar-refractivity contribution in [1.82, 2.24) is 0 Å². The van der Waals surface area contributed by atoms with Gasteiger partial charge in [-0.05, 0) is 77.0 Å². The Balaban J connectivity index is 4.12. The molecular formula is C40H67O8P. The second kappa shape index (κ2) is 35.3. The molecule has 0 fully saturated rings. The van der Waals surface area contributed by atoms with Gasteiger partial charge in [0, 0.05) is 12.8 Å². The minimum atomic E-state index is -4.77. The van der Waals surface area contributed by atoms with Gasteiger partial charge in [0.15, 0.2) is 6.10 Å². The molecule has 0 aromatic heterocycles. The second-order valence-electron chi connectivity index (χ2n) is 12.2. The van der Waals surface area contributed by atoms with E-state index >= 15 is 0 Å². The number of carbonyl (C=O) groups is 2. The van der Waals surface area contributed by atoms with Gasteiger partial charge in [-0.3, -0.25) is 14.1 Å². The summed E-state index contributed by atoms with van der Waals surface area (Å²) in [4.78, 5) is 42.7. The summed E-state index contributed by atoms with van der Waals surface area (Å²) in [6, 6.07) is 0. The number of unbranched alkanes of at least 4 members (excludes halogenated alkanes) is 11. The number of phosphoric acid groups is 1. The van der Waals surface area contributed by atoms with E-state index in [1.54, 1.807) is 0 Å². The molecule has 0 spiro atoms. The van der Waals surface area contributed by atoms with Gasteiger partial charge in [-0.15, -0.1) is 0 Å². The van der Waals surface area contributed by atoms with Crippen molar-refractivity contribution in [3.05, 3.63) is 72.9 Å². The quantitative estimate of drug-likeness (QED) is 0.0299. The van der Waals surface area contributed by atoms with E-state index in [4.69, 9.17) is 19.3 Å². The predicted octanol–water partition coefficient (Wildman–Crippen LogP) is 11.1. The smallest absolute Gasteiger partial charge is 0.462 e. The Morgan fingerprint density at radius 2 is 0.959 bits per heavy atom. The number of allylic oxidation sites excluding steroid dienone is 12. The summed E-state index contributed by atoms with van der Waals surface area (Å²) in [6.45, 7) is 3.53. The van der Waals surface area contributed by atoms with E-state index in [2.05, 4.69) is 85.2 Å². The van der Waals surface area contributed by atoms with Crippen molar-refractivity contribution in [3.8, 4) is 0 Å². The maximum Gasteiger partial charge on any atom is 0.469 e. The lowest BCUT2D eigenvalue weighted by atomic mass is 10.1. The Morgan fingerprint density at radius 1 is 0.531 bits per heavy atom. The first-order valence-corrected chi connectivity index (χ1v) is 20.3. The molecule has 0 radical (unpaired) electrons. The second-order valence-corrected chi connectivity index (χ2v) is 13.4. The van der Waals surface area contributed by atoms with Crippen molar-refractivity contribution in [2.75, 3.05) is 13.2 Å².